The first-order valence-electron chi connectivity index (χ1n) is 10.5. The second-order valence-corrected chi connectivity index (χ2v) is 9.87. The van der Waals surface area contributed by atoms with Crippen molar-refractivity contribution in [3.63, 3.8) is 0 Å². The van der Waals surface area contributed by atoms with E-state index in [4.69, 9.17) is 0 Å². The molecule has 4 rings (SSSR count). The minimum atomic E-state index is -0.396. The second-order valence-electron chi connectivity index (χ2n) is 7.62. The standard InChI is InChI=1S/C26H22FN3O2S2/c1-16-6-8-18(9-7-16)24-17(2)34-26(30-24)29-23(31)15-33-22-5-3-4-21(14-22)28-25(32)19-10-12-20(27)13-11-19/h3-14H,15H2,1-2H3,(H,28,32)(H,29,30,31). The Kier molecular flexibility index (Phi) is 7.40. The maximum atomic E-state index is 13.1. The predicted molar refractivity (Wildman–Crippen MR) is 137 cm³/mol. The maximum absolute atomic E-state index is 13.1. The summed E-state index contributed by atoms with van der Waals surface area (Å²) in [5.41, 5.74) is 4.04. The van der Waals surface area contributed by atoms with Gasteiger partial charge >= 0.3 is 0 Å². The van der Waals surface area contributed by atoms with Gasteiger partial charge in [-0.2, -0.15) is 0 Å². The van der Waals surface area contributed by atoms with Gasteiger partial charge in [-0.05, 0) is 56.3 Å². The monoisotopic (exact) mass is 491 g/mol. The first-order valence-corrected chi connectivity index (χ1v) is 12.3. The Labute approximate surface area is 205 Å². The van der Waals surface area contributed by atoms with Crippen molar-refractivity contribution >= 4 is 45.7 Å². The summed E-state index contributed by atoms with van der Waals surface area (Å²) in [5, 5.41) is 6.23. The minimum Gasteiger partial charge on any atom is -0.322 e. The summed E-state index contributed by atoms with van der Waals surface area (Å²) < 4.78 is 13.1. The quantitative estimate of drug-likeness (QED) is 0.288. The van der Waals surface area contributed by atoms with Gasteiger partial charge in [0.1, 0.15) is 5.82 Å². The van der Waals surface area contributed by atoms with Crippen LogP contribution < -0.4 is 10.6 Å². The molecule has 5 nitrogen and oxygen atoms in total. The summed E-state index contributed by atoms with van der Waals surface area (Å²) in [7, 11) is 0. The SMILES string of the molecule is Cc1ccc(-c2nc(NC(=O)CSc3cccc(NC(=O)c4ccc(F)cc4)c3)sc2C)cc1. The van der Waals surface area contributed by atoms with Crippen LogP contribution in [0.3, 0.4) is 0 Å². The molecule has 0 atom stereocenters. The molecule has 4 aromatic rings. The Morgan fingerprint density at radius 1 is 0.971 bits per heavy atom. The molecule has 0 unspecified atom stereocenters. The number of thioether (sulfide) groups is 1. The highest BCUT2D eigenvalue weighted by Gasteiger charge is 2.13. The Bertz CT molecular complexity index is 1320. The number of halogens is 1. The number of benzene rings is 3. The van der Waals surface area contributed by atoms with E-state index in [2.05, 4.69) is 15.6 Å². The van der Waals surface area contributed by atoms with Crippen LogP contribution in [-0.4, -0.2) is 22.6 Å². The van der Waals surface area contributed by atoms with Crippen molar-refractivity contribution < 1.29 is 14.0 Å². The number of aromatic nitrogens is 1. The lowest BCUT2D eigenvalue weighted by Crippen LogP contribution is -2.14. The molecule has 1 aromatic heterocycles. The summed E-state index contributed by atoms with van der Waals surface area (Å²) in [6, 6.07) is 20.7. The molecule has 8 heteroatoms. The second kappa shape index (κ2) is 10.6. The van der Waals surface area contributed by atoms with Crippen molar-refractivity contribution in [1.29, 1.82) is 0 Å². The van der Waals surface area contributed by atoms with Crippen LogP contribution in [0.4, 0.5) is 15.2 Å². The number of anilines is 2. The van der Waals surface area contributed by atoms with Crippen molar-refractivity contribution in [1.82, 2.24) is 4.98 Å². The van der Waals surface area contributed by atoms with E-state index >= 15 is 0 Å². The van der Waals surface area contributed by atoms with Crippen LogP contribution in [-0.2, 0) is 4.79 Å². The van der Waals surface area contributed by atoms with Crippen molar-refractivity contribution in [3.8, 4) is 11.3 Å². The zero-order valence-corrected chi connectivity index (χ0v) is 20.2. The van der Waals surface area contributed by atoms with Gasteiger partial charge in [-0.15, -0.1) is 23.1 Å². The summed E-state index contributed by atoms with van der Waals surface area (Å²) in [4.78, 5) is 31.3. The van der Waals surface area contributed by atoms with Gasteiger partial charge in [-0.3, -0.25) is 9.59 Å². The van der Waals surface area contributed by atoms with Crippen LogP contribution in [0.25, 0.3) is 11.3 Å². The number of carbonyl (C=O) groups is 2. The summed E-state index contributed by atoms with van der Waals surface area (Å²) in [6.07, 6.45) is 0. The van der Waals surface area contributed by atoms with Gasteiger partial charge in [0.05, 0.1) is 11.4 Å². The lowest BCUT2D eigenvalue weighted by molar-refractivity contribution is -0.113. The van der Waals surface area contributed by atoms with Crippen LogP contribution in [0.15, 0.2) is 77.7 Å². The molecule has 0 fully saturated rings. The third-order valence-electron chi connectivity index (χ3n) is 4.94. The summed E-state index contributed by atoms with van der Waals surface area (Å²) in [6.45, 7) is 4.03. The zero-order valence-electron chi connectivity index (χ0n) is 18.6. The van der Waals surface area contributed by atoms with E-state index in [1.54, 1.807) is 18.2 Å². The van der Waals surface area contributed by atoms with Gasteiger partial charge in [-0.1, -0.05) is 35.9 Å². The van der Waals surface area contributed by atoms with Crippen molar-refractivity contribution in [3.05, 3.63) is 94.6 Å². The van der Waals surface area contributed by atoms with Gasteiger partial charge in [0.25, 0.3) is 5.91 Å². The molecule has 0 aliphatic heterocycles. The van der Waals surface area contributed by atoms with Crippen LogP contribution in [0, 0.1) is 19.7 Å². The molecule has 1 heterocycles. The smallest absolute Gasteiger partial charge is 0.255 e. The van der Waals surface area contributed by atoms with Gasteiger partial charge in [0, 0.05) is 26.6 Å². The number of hydrogen-bond acceptors (Lipinski definition) is 5. The molecule has 2 N–H and O–H groups in total. The topological polar surface area (TPSA) is 71.1 Å². The summed E-state index contributed by atoms with van der Waals surface area (Å²) in [5.74, 6) is -0.681. The highest BCUT2D eigenvalue weighted by atomic mass is 32.2. The lowest BCUT2D eigenvalue weighted by atomic mass is 10.1. The number of thiazole rings is 1. The number of carbonyl (C=O) groups excluding carboxylic acids is 2. The molecule has 0 bridgehead atoms. The van der Waals surface area contributed by atoms with Crippen molar-refractivity contribution in [2.24, 2.45) is 0 Å². The third kappa shape index (κ3) is 6.09. The lowest BCUT2D eigenvalue weighted by Gasteiger charge is -2.08. The van der Waals surface area contributed by atoms with Crippen LogP contribution in [0.1, 0.15) is 20.8 Å². The van der Waals surface area contributed by atoms with E-state index in [0.29, 0.717) is 16.4 Å². The normalized spacial score (nSPS) is 10.7. The van der Waals surface area contributed by atoms with Gasteiger partial charge in [-0.25, -0.2) is 9.37 Å². The highest BCUT2D eigenvalue weighted by Crippen LogP contribution is 2.31. The number of nitrogens with one attached hydrogen (secondary N) is 2. The van der Waals surface area contributed by atoms with Crippen LogP contribution >= 0.6 is 23.1 Å². The molecule has 34 heavy (non-hydrogen) atoms. The van der Waals surface area contributed by atoms with Gasteiger partial charge in [0.15, 0.2) is 5.13 Å². The van der Waals surface area contributed by atoms with Gasteiger partial charge < -0.3 is 10.6 Å². The van der Waals surface area contributed by atoms with E-state index in [1.807, 2.05) is 44.2 Å². The Morgan fingerprint density at radius 2 is 1.71 bits per heavy atom. The first-order chi connectivity index (χ1) is 16.4. The van der Waals surface area contributed by atoms with Crippen molar-refractivity contribution in [2.75, 3.05) is 16.4 Å². The molecule has 2 amide bonds. The molecule has 0 saturated carbocycles. The molecule has 0 radical (unpaired) electrons. The van der Waals surface area contributed by atoms with Crippen LogP contribution in [0.5, 0.6) is 0 Å². The number of amides is 2. The largest absolute Gasteiger partial charge is 0.322 e. The molecule has 0 aliphatic carbocycles. The predicted octanol–water partition coefficient (Wildman–Crippen LogP) is 6.55. The van der Waals surface area contributed by atoms with E-state index < -0.39 is 5.82 Å². The molecular formula is C26H22FN3O2S2. The number of rotatable bonds is 7. The zero-order chi connectivity index (χ0) is 24.1. The van der Waals surface area contributed by atoms with Gasteiger partial charge in [0.2, 0.25) is 5.91 Å². The number of hydrogen-bond donors (Lipinski definition) is 2. The Hall–Kier alpha value is -3.49. The van der Waals surface area contributed by atoms with Crippen molar-refractivity contribution in [2.45, 2.75) is 18.7 Å². The fourth-order valence-electron chi connectivity index (χ4n) is 3.20. The molecule has 0 spiro atoms. The minimum absolute atomic E-state index is 0.157. The third-order valence-corrected chi connectivity index (χ3v) is 6.82. The fraction of sp³-hybridized carbons (Fsp3) is 0.115. The van der Waals surface area contributed by atoms with E-state index in [-0.39, 0.29) is 17.6 Å². The fourth-order valence-corrected chi connectivity index (χ4v) is 4.81. The number of nitrogens with zero attached hydrogens (tertiary/aromatic N) is 1. The van der Waals surface area contributed by atoms with E-state index in [0.717, 1.165) is 21.0 Å². The average Bonchev–Trinajstić information content (AvgIpc) is 3.18. The first kappa shape index (κ1) is 23.7. The number of aryl methyl sites for hydroxylation is 2. The molecule has 3 aromatic carbocycles. The Morgan fingerprint density at radius 3 is 2.44 bits per heavy atom. The maximum Gasteiger partial charge on any atom is 0.255 e. The highest BCUT2D eigenvalue weighted by molar-refractivity contribution is 8.00. The molecule has 0 aliphatic rings. The molecule has 172 valence electrons. The average molecular weight is 492 g/mol. The summed E-state index contributed by atoms with van der Waals surface area (Å²) >= 11 is 2.81. The Balaban J connectivity index is 1.33. The van der Waals surface area contributed by atoms with E-state index in [9.17, 15) is 14.0 Å². The molecule has 0 saturated heterocycles. The van der Waals surface area contributed by atoms with E-state index in [1.165, 1.54) is 52.9 Å². The molecular weight excluding hydrogens is 469 g/mol. The van der Waals surface area contributed by atoms with Crippen LogP contribution in [0.2, 0.25) is 0 Å².